The lowest BCUT2D eigenvalue weighted by Gasteiger charge is -2.35. The minimum absolute atomic E-state index is 0.139. The SMILES string of the molecule is Cc1cccnc1CN1CC[C@]2(CCC[C@@H]2C(=O)N2CCCCO2)C1. The van der Waals surface area contributed by atoms with Crippen molar-refractivity contribution in [3.8, 4) is 0 Å². The normalized spacial score (nSPS) is 30.3. The maximum absolute atomic E-state index is 13.1. The summed E-state index contributed by atoms with van der Waals surface area (Å²) in [5.74, 6) is 0.383. The molecule has 1 aromatic rings. The molecule has 2 aliphatic heterocycles. The van der Waals surface area contributed by atoms with Crippen molar-refractivity contribution in [3.05, 3.63) is 29.6 Å². The molecule has 25 heavy (non-hydrogen) atoms. The van der Waals surface area contributed by atoms with Crippen LogP contribution in [0.15, 0.2) is 18.3 Å². The number of amides is 1. The lowest BCUT2D eigenvalue weighted by Crippen LogP contribution is -2.45. The molecular formula is C20H29N3O2. The molecule has 3 heterocycles. The molecule has 2 atom stereocenters. The number of hydrogen-bond acceptors (Lipinski definition) is 4. The molecule has 136 valence electrons. The fourth-order valence-corrected chi connectivity index (χ4v) is 4.97. The number of carbonyl (C=O) groups is 1. The Morgan fingerprint density at radius 1 is 1.32 bits per heavy atom. The molecule has 5 nitrogen and oxygen atoms in total. The first-order valence-corrected chi connectivity index (χ1v) is 9.75. The van der Waals surface area contributed by atoms with Crippen LogP contribution in [0, 0.1) is 18.3 Å². The van der Waals surface area contributed by atoms with Gasteiger partial charge >= 0.3 is 0 Å². The van der Waals surface area contributed by atoms with E-state index in [1.807, 2.05) is 12.3 Å². The van der Waals surface area contributed by atoms with Gasteiger partial charge in [0.1, 0.15) is 0 Å². The van der Waals surface area contributed by atoms with Crippen molar-refractivity contribution in [1.82, 2.24) is 14.9 Å². The van der Waals surface area contributed by atoms with Crippen molar-refractivity contribution < 1.29 is 9.63 Å². The predicted molar refractivity (Wildman–Crippen MR) is 95.5 cm³/mol. The van der Waals surface area contributed by atoms with Crippen LogP contribution in [0.25, 0.3) is 0 Å². The Labute approximate surface area is 150 Å². The number of carbonyl (C=O) groups excluding carboxylic acids is 1. The fourth-order valence-electron chi connectivity index (χ4n) is 4.97. The van der Waals surface area contributed by atoms with Gasteiger partial charge in [0.15, 0.2) is 0 Å². The van der Waals surface area contributed by atoms with Crippen LogP contribution in [0.4, 0.5) is 0 Å². The van der Waals surface area contributed by atoms with Crippen LogP contribution >= 0.6 is 0 Å². The Kier molecular flexibility index (Phi) is 4.78. The minimum Gasteiger partial charge on any atom is -0.297 e. The van der Waals surface area contributed by atoms with Gasteiger partial charge in [-0.2, -0.15) is 0 Å². The highest BCUT2D eigenvalue weighted by Crippen LogP contribution is 2.50. The van der Waals surface area contributed by atoms with E-state index in [2.05, 4.69) is 22.9 Å². The third kappa shape index (κ3) is 3.32. The summed E-state index contributed by atoms with van der Waals surface area (Å²) in [6.45, 7) is 6.58. The molecule has 1 aliphatic carbocycles. The second kappa shape index (κ2) is 7.04. The number of aryl methyl sites for hydroxylation is 1. The van der Waals surface area contributed by atoms with Gasteiger partial charge in [-0.3, -0.25) is 19.5 Å². The maximum Gasteiger partial charge on any atom is 0.249 e. The second-order valence-electron chi connectivity index (χ2n) is 8.02. The predicted octanol–water partition coefficient (Wildman–Crippen LogP) is 2.94. The Morgan fingerprint density at radius 3 is 3.04 bits per heavy atom. The van der Waals surface area contributed by atoms with Crippen molar-refractivity contribution in [2.24, 2.45) is 11.3 Å². The van der Waals surface area contributed by atoms with Gasteiger partial charge < -0.3 is 0 Å². The lowest BCUT2D eigenvalue weighted by molar-refractivity contribution is -0.204. The molecule has 0 bridgehead atoms. The van der Waals surface area contributed by atoms with Crippen LogP contribution in [-0.4, -0.2) is 47.1 Å². The monoisotopic (exact) mass is 343 g/mol. The van der Waals surface area contributed by atoms with Gasteiger partial charge in [0.05, 0.1) is 12.3 Å². The number of aromatic nitrogens is 1. The van der Waals surface area contributed by atoms with Crippen molar-refractivity contribution in [3.63, 3.8) is 0 Å². The number of nitrogens with zero attached hydrogens (tertiary/aromatic N) is 3. The van der Waals surface area contributed by atoms with Crippen molar-refractivity contribution in [2.45, 2.75) is 52.0 Å². The van der Waals surface area contributed by atoms with Crippen LogP contribution in [0.2, 0.25) is 0 Å². The minimum atomic E-state index is 0.139. The van der Waals surface area contributed by atoms with Gasteiger partial charge in [-0.25, -0.2) is 5.06 Å². The van der Waals surface area contributed by atoms with Crippen molar-refractivity contribution in [1.29, 1.82) is 0 Å². The van der Waals surface area contributed by atoms with Crippen LogP contribution in [0.1, 0.15) is 49.8 Å². The summed E-state index contributed by atoms with van der Waals surface area (Å²) in [5.41, 5.74) is 2.57. The molecule has 1 aromatic heterocycles. The summed E-state index contributed by atoms with van der Waals surface area (Å²) in [7, 11) is 0. The van der Waals surface area contributed by atoms with Crippen LogP contribution in [0.3, 0.4) is 0 Å². The third-order valence-corrected chi connectivity index (χ3v) is 6.41. The van der Waals surface area contributed by atoms with E-state index in [1.165, 1.54) is 24.1 Å². The fraction of sp³-hybridized carbons (Fsp3) is 0.700. The highest BCUT2D eigenvalue weighted by atomic mass is 16.7. The van der Waals surface area contributed by atoms with E-state index in [0.29, 0.717) is 6.61 Å². The van der Waals surface area contributed by atoms with Gasteiger partial charge in [0.2, 0.25) is 5.91 Å². The zero-order valence-electron chi connectivity index (χ0n) is 15.2. The first-order valence-electron chi connectivity index (χ1n) is 9.75. The Morgan fingerprint density at radius 2 is 2.24 bits per heavy atom. The lowest BCUT2D eigenvalue weighted by atomic mass is 9.76. The van der Waals surface area contributed by atoms with E-state index < -0.39 is 0 Å². The van der Waals surface area contributed by atoms with E-state index in [1.54, 1.807) is 5.06 Å². The van der Waals surface area contributed by atoms with Crippen LogP contribution in [-0.2, 0) is 16.2 Å². The van der Waals surface area contributed by atoms with E-state index in [-0.39, 0.29) is 17.2 Å². The van der Waals surface area contributed by atoms with E-state index in [0.717, 1.165) is 51.9 Å². The summed E-state index contributed by atoms with van der Waals surface area (Å²) < 4.78 is 0. The molecule has 3 aliphatic rings. The van der Waals surface area contributed by atoms with E-state index in [9.17, 15) is 4.79 Å². The molecule has 0 aromatic carbocycles. The number of hydroxylamine groups is 2. The third-order valence-electron chi connectivity index (χ3n) is 6.41. The highest BCUT2D eigenvalue weighted by Gasteiger charge is 2.51. The zero-order chi connectivity index (χ0) is 17.3. The topological polar surface area (TPSA) is 45.7 Å². The molecule has 5 heteroatoms. The van der Waals surface area contributed by atoms with Gasteiger partial charge in [-0.05, 0) is 62.6 Å². The van der Waals surface area contributed by atoms with Crippen LogP contribution in [0.5, 0.6) is 0 Å². The van der Waals surface area contributed by atoms with E-state index >= 15 is 0 Å². The van der Waals surface area contributed by atoms with Gasteiger partial charge in [-0.1, -0.05) is 12.5 Å². The molecule has 3 fully saturated rings. The Balaban J connectivity index is 1.44. The smallest absolute Gasteiger partial charge is 0.249 e. The largest absolute Gasteiger partial charge is 0.297 e. The van der Waals surface area contributed by atoms with E-state index in [4.69, 9.17) is 4.84 Å². The molecular weight excluding hydrogens is 314 g/mol. The Hall–Kier alpha value is -1.46. The average Bonchev–Trinajstić information content (AvgIpc) is 3.24. The van der Waals surface area contributed by atoms with Crippen molar-refractivity contribution in [2.75, 3.05) is 26.2 Å². The first-order chi connectivity index (χ1) is 12.2. The summed E-state index contributed by atoms with van der Waals surface area (Å²) in [6.07, 6.45) is 8.50. The molecule has 0 radical (unpaired) electrons. The molecule has 1 amide bonds. The number of rotatable bonds is 3. The second-order valence-corrected chi connectivity index (χ2v) is 8.02. The summed E-state index contributed by atoms with van der Waals surface area (Å²) in [4.78, 5) is 25.7. The highest BCUT2D eigenvalue weighted by molar-refractivity contribution is 5.79. The average molecular weight is 343 g/mol. The molecule has 1 spiro atoms. The Bertz CT molecular complexity index is 629. The molecule has 1 saturated carbocycles. The molecule has 4 rings (SSSR count). The molecule has 0 N–H and O–H groups in total. The summed E-state index contributed by atoms with van der Waals surface area (Å²) >= 11 is 0. The van der Waals surface area contributed by atoms with Crippen molar-refractivity contribution >= 4 is 5.91 Å². The quantitative estimate of drug-likeness (QED) is 0.846. The van der Waals surface area contributed by atoms with Gasteiger partial charge in [-0.15, -0.1) is 0 Å². The molecule has 0 unspecified atom stereocenters. The summed E-state index contributed by atoms with van der Waals surface area (Å²) in [5, 5.41) is 1.67. The van der Waals surface area contributed by atoms with Gasteiger partial charge in [0.25, 0.3) is 0 Å². The number of pyridine rings is 1. The first kappa shape index (κ1) is 17.0. The maximum atomic E-state index is 13.1. The summed E-state index contributed by atoms with van der Waals surface area (Å²) in [6, 6.07) is 4.12. The van der Waals surface area contributed by atoms with Crippen LogP contribution < -0.4 is 0 Å². The standard InChI is InChI=1S/C20H29N3O2/c1-16-6-5-10-21-18(16)14-22-12-9-20(15-22)8-4-7-17(20)19(24)23-11-2-3-13-25-23/h5-6,10,17H,2-4,7-9,11-15H2,1H3/t17-,20-/m1/s1. The molecule has 2 saturated heterocycles. The zero-order valence-corrected chi connectivity index (χ0v) is 15.2. The van der Waals surface area contributed by atoms with Gasteiger partial charge in [0, 0.05) is 31.7 Å². The number of likely N-dealkylation sites (tertiary alicyclic amines) is 1. The number of hydrogen-bond donors (Lipinski definition) is 0.